The van der Waals surface area contributed by atoms with Crippen molar-refractivity contribution in [1.29, 1.82) is 0 Å². The van der Waals surface area contributed by atoms with Gasteiger partial charge in [-0.3, -0.25) is 0 Å². The molecule has 0 radical (unpaired) electrons. The van der Waals surface area contributed by atoms with Gasteiger partial charge in [-0.2, -0.15) is 10.2 Å². The van der Waals surface area contributed by atoms with E-state index >= 15 is 0 Å². The van der Waals surface area contributed by atoms with Crippen LogP contribution < -0.4 is 41.9 Å². The van der Waals surface area contributed by atoms with Gasteiger partial charge in [0.1, 0.15) is 25.4 Å². The zero-order valence-electron chi connectivity index (χ0n) is 61.5. The average molecular weight is 1860 g/mol. The first-order chi connectivity index (χ1) is 55.1. The summed E-state index contributed by atoms with van der Waals surface area (Å²) in [5, 5.41) is 47.5. The second-order valence-electron chi connectivity index (χ2n) is 25.6. The Morgan fingerprint density at radius 2 is 0.726 bits per heavy atom. The number of halogens is 5. The SMILES string of the molecule is Cc1ccc(Nc2ccc3ncc(-c4cc5cccc(C)c5s4)n3n2)cc1C.Cc1cccc2cc(-c3cnc4ccc(Cl)nn34)sc12.Cc1cccc2cc(B(O)O)sc12.Clc1ccc2ncc(I)n2n1.[Cl][Pd][Cl].c1ccc(P(c2ccccc2)c2ccccc2)cc1.c1ccc(P(c2ccccc2)c2ccccc2)cc1. The normalized spacial score (nSPS) is 10.9. The van der Waals surface area contributed by atoms with Gasteiger partial charge in [-0.15, -0.1) is 39.1 Å². The minimum Gasteiger partial charge on any atom is -0.0622 e. The van der Waals surface area contributed by atoms with Crippen molar-refractivity contribution < 1.29 is 26.0 Å². The van der Waals surface area contributed by atoms with Crippen LogP contribution in [0.25, 0.3) is 68.3 Å². The molecule has 113 heavy (non-hydrogen) atoms. The summed E-state index contributed by atoms with van der Waals surface area (Å²) in [5.74, 6) is 0.798. The number of nitrogens with one attached hydrogen (secondary N) is 1. The van der Waals surface area contributed by atoms with E-state index in [1.54, 1.807) is 50.0 Å². The first kappa shape index (κ1) is 82.1. The molecule has 0 atom stereocenters. The Morgan fingerprint density at radius 3 is 1.11 bits per heavy atom. The Balaban J connectivity index is 0.000000120. The van der Waals surface area contributed by atoms with Gasteiger partial charge in [0.2, 0.25) is 0 Å². The van der Waals surface area contributed by atoms with Crippen molar-refractivity contribution >= 4 is 217 Å². The molecule has 566 valence electrons. The smallest absolute Gasteiger partial charge is 0.0134 e. The van der Waals surface area contributed by atoms with Gasteiger partial charge in [-0.25, -0.2) is 28.5 Å². The van der Waals surface area contributed by atoms with Crippen molar-refractivity contribution in [2.24, 2.45) is 0 Å². The maximum absolute atomic E-state index is 8.98. The fourth-order valence-electron chi connectivity index (χ4n) is 12.3. The van der Waals surface area contributed by atoms with E-state index in [0.29, 0.717) is 15.1 Å². The Labute approximate surface area is 710 Å². The maximum atomic E-state index is 8.98. The van der Waals surface area contributed by atoms with Gasteiger partial charge in [0.05, 0.1) is 28.3 Å². The first-order valence-corrected chi connectivity index (χ1v) is 46.5. The molecule has 12 nitrogen and oxygen atoms in total. The van der Waals surface area contributed by atoms with E-state index in [9.17, 15) is 0 Å². The van der Waals surface area contributed by atoms with Crippen LogP contribution in [0.15, 0.2) is 328 Å². The third kappa shape index (κ3) is 21.0. The van der Waals surface area contributed by atoms with Crippen molar-refractivity contribution in [2.75, 3.05) is 5.32 Å². The number of rotatable bonds is 11. The maximum Gasteiger partial charge on any atom is -0.0134 e. The number of benzene rings is 10. The second-order valence-corrected chi connectivity index (χ2v) is 37.5. The van der Waals surface area contributed by atoms with Crippen molar-refractivity contribution in [2.45, 2.75) is 34.6 Å². The predicted octanol–water partition coefficient (Wildman–Crippen LogP) is 22.0. The van der Waals surface area contributed by atoms with E-state index < -0.39 is 23.0 Å². The number of nitrogens with zero attached hydrogens (tertiary/aromatic N) is 9. The molecule has 0 amide bonds. The molecule has 24 heteroatoms. The molecule has 0 spiro atoms. The van der Waals surface area contributed by atoms with E-state index in [4.69, 9.17) is 57.4 Å². The third-order valence-electron chi connectivity index (χ3n) is 17.8. The molecule has 0 saturated carbocycles. The van der Waals surface area contributed by atoms with Gasteiger partial charge in [0, 0.05) is 24.6 Å². The summed E-state index contributed by atoms with van der Waals surface area (Å²) in [5.41, 5.74) is 11.8. The zero-order chi connectivity index (χ0) is 78.7. The summed E-state index contributed by atoms with van der Waals surface area (Å²) in [6.07, 6.45) is 5.50. The van der Waals surface area contributed by atoms with E-state index in [0.717, 1.165) is 58.5 Å². The molecule has 0 unspecified atom stereocenters. The molecule has 0 bridgehead atoms. The number of fused-ring (bicyclic) bond motifs is 6. The summed E-state index contributed by atoms with van der Waals surface area (Å²) >= 11 is 18.7. The van der Waals surface area contributed by atoms with Crippen LogP contribution in [0, 0.1) is 38.3 Å². The van der Waals surface area contributed by atoms with Crippen LogP contribution in [0.2, 0.25) is 10.3 Å². The fraction of sp³-hybridized carbons (Fsp3) is 0.0562. The van der Waals surface area contributed by atoms with Crippen LogP contribution in [-0.2, 0) is 15.9 Å². The summed E-state index contributed by atoms with van der Waals surface area (Å²) in [6.45, 7) is 10.5. The number of imidazole rings is 3. The van der Waals surface area contributed by atoms with Crippen LogP contribution in [0.3, 0.4) is 0 Å². The van der Waals surface area contributed by atoms with Crippen molar-refractivity contribution in [1.82, 2.24) is 43.8 Å². The number of aromatic nitrogens is 9. The molecule has 0 aliphatic rings. The van der Waals surface area contributed by atoms with Crippen LogP contribution in [0.4, 0.5) is 11.5 Å². The summed E-state index contributed by atoms with van der Waals surface area (Å²) in [7, 11) is 7.39. The molecule has 0 fully saturated rings. The molecule has 3 N–H and O–H groups in total. The molecule has 9 aromatic heterocycles. The molecule has 9 heterocycles. The number of aryl methyl sites for hydroxylation is 5. The predicted molar refractivity (Wildman–Crippen MR) is 490 cm³/mol. The van der Waals surface area contributed by atoms with Crippen molar-refractivity contribution in [3.8, 4) is 21.1 Å². The van der Waals surface area contributed by atoms with E-state index in [2.05, 4.69) is 329 Å². The van der Waals surface area contributed by atoms with Crippen LogP contribution >= 0.6 is 115 Å². The zero-order valence-corrected chi connectivity index (χ0v) is 72.5. The van der Waals surface area contributed by atoms with Gasteiger partial charge >= 0.3 is 42.1 Å². The van der Waals surface area contributed by atoms with Gasteiger partial charge in [0.15, 0.2) is 22.8 Å². The Kier molecular flexibility index (Phi) is 29.0. The quantitative estimate of drug-likeness (QED) is 0.0655. The molecule has 19 rings (SSSR count). The Hall–Kier alpha value is -8.86. The van der Waals surface area contributed by atoms with Gasteiger partial charge in [0.25, 0.3) is 0 Å². The minimum atomic E-state index is -1.35. The van der Waals surface area contributed by atoms with Gasteiger partial charge < -0.3 is 15.4 Å². The van der Waals surface area contributed by atoms with Crippen LogP contribution in [0.5, 0.6) is 0 Å². The summed E-state index contributed by atoms with van der Waals surface area (Å²) < 4.78 is 10.7. The van der Waals surface area contributed by atoms with Crippen LogP contribution in [-0.4, -0.2) is 61.0 Å². The topological polar surface area (TPSA) is 143 Å². The molecular weight excluding hydrogens is 1790 g/mol. The number of hydrogen-bond acceptors (Lipinski definition) is 12. The summed E-state index contributed by atoms with van der Waals surface area (Å²) in [4.78, 5) is 15.3. The van der Waals surface area contributed by atoms with Gasteiger partial charge in [-0.05, 0) is 216 Å². The minimum absolute atomic E-state index is 0.106. The van der Waals surface area contributed by atoms with E-state index in [-0.39, 0.29) is 15.9 Å². The largest absolute Gasteiger partial charge is 0.0622 e. The average Bonchev–Trinajstić information content (AvgIpc) is 1.63. The Bertz CT molecular complexity index is 6010. The van der Waals surface area contributed by atoms with Crippen molar-refractivity contribution in [3.63, 3.8) is 0 Å². The molecule has 10 aromatic carbocycles. The summed E-state index contributed by atoms with van der Waals surface area (Å²) in [6, 6.07) is 107. The standard InChI is InChI=1S/C23H20N4S.2C18H15P.C15H10ClN3S.C9H9BO2S.C6H3ClIN3.2ClH.Pd/c1-14-7-8-18(11-16(14)3)25-21-9-10-22-24-13-19(27(22)26-21)20-12-17-6-4-5-15(2)23(17)28-20;2*1-4-10-16(11-5-1)19(17-12-6-2-7-13-17)18-14-8-3-9-15-18;1-9-3-2-4-10-7-12(20-15(9)10)11-8-17-14-6-5-13(16)18-19(11)14;1-6-3-2-4-7-5-8(10(11)12)13-9(6)7;7-4-1-2-6-9-3-5(8)11(6)10-4;;;/h4-13H,1-3H3,(H,25,26);2*1-15H;2-8H,1H3;2-5,11-12H,1H3;1-3H;2*1H;/q;;;;;;;;+2/p-2. The second kappa shape index (κ2) is 39.9. The van der Waals surface area contributed by atoms with E-state index in [1.165, 1.54) is 96.0 Å². The van der Waals surface area contributed by atoms with Gasteiger partial charge in [-0.1, -0.05) is 266 Å². The van der Waals surface area contributed by atoms with E-state index in [1.807, 2.05) is 72.4 Å². The first-order valence-electron chi connectivity index (χ1n) is 35.5. The molecule has 0 aliphatic heterocycles. The fourth-order valence-corrected chi connectivity index (χ4v) is 20.9. The Morgan fingerprint density at radius 1 is 0.372 bits per heavy atom. The molecule has 19 aromatic rings. The third-order valence-corrected chi connectivity index (χ3v) is 27.8. The van der Waals surface area contributed by atoms with Crippen LogP contribution in [0.1, 0.15) is 27.8 Å². The number of thiophene rings is 3. The number of anilines is 2. The molecule has 0 aliphatic carbocycles. The van der Waals surface area contributed by atoms with Crippen molar-refractivity contribution in [3.05, 3.63) is 370 Å². The number of hydrogen-bond donors (Lipinski definition) is 3. The molecular formula is C89H72BCl4IN10O2P2PdS3. The monoisotopic (exact) mass is 1850 g/mol. The molecule has 0 saturated heterocycles.